The summed E-state index contributed by atoms with van der Waals surface area (Å²) >= 11 is 1.04. The third kappa shape index (κ3) is 1.79. The molecule has 0 saturated heterocycles. The van der Waals surface area contributed by atoms with E-state index >= 15 is 0 Å². The van der Waals surface area contributed by atoms with Gasteiger partial charge in [-0.1, -0.05) is 11.3 Å². The van der Waals surface area contributed by atoms with Gasteiger partial charge in [0.25, 0.3) is 0 Å². The number of nitrogens with two attached hydrogens (primary N) is 1. The molecule has 16 heavy (non-hydrogen) atoms. The molecule has 7 heteroatoms. The molecule has 3 nitrogen and oxygen atoms in total. The molecule has 0 bridgehead atoms. The monoisotopic (exact) mass is 245 g/mol. The second kappa shape index (κ2) is 4.18. The highest BCUT2D eigenvalue weighted by atomic mass is 32.1. The van der Waals surface area contributed by atoms with Gasteiger partial charge in [-0.25, -0.2) is 13.2 Å². The maximum atomic E-state index is 13.4. The fourth-order valence-corrected chi connectivity index (χ4v) is 1.87. The van der Waals surface area contributed by atoms with Gasteiger partial charge in [-0.05, 0) is 12.1 Å². The molecule has 0 unspecified atom stereocenters. The van der Waals surface area contributed by atoms with Crippen molar-refractivity contribution in [3.63, 3.8) is 0 Å². The molecule has 0 amide bonds. The molecule has 0 spiro atoms. The van der Waals surface area contributed by atoms with E-state index in [0.717, 1.165) is 23.5 Å². The second-order valence-electron chi connectivity index (χ2n) is 2.93. The smallest absolute Gasteiger partial charge is 0.195 e. The van der Waals surface area contributed by atoms with Crippen molar-refractivity contribution in [2.24, 2.45) is 5.73 Å². The van der Waals surface area contributed by atoms with Gasteiger partial charge in [0.1, 0.15) is 5.01 Å². The van der Waals surface area contributed by atoms with E-state index < -0.39 is 17.5 Å². The topological polar surface area (TPSA) is 51.8 Å². The summed E-state index contributed by atoms with van der Waals surface area (Å²) in [5.74, 6) is -4.01. The van der Waals surface area contributed by atoms with Crippen LogP contribution in [0.15, 0.2) is 12.1 Å². The van der Waals surface area contributed by atoms with Crippen molar-refractivity contribution in [2.75, 3.05) is 0 Å². The molecule has 1 aromatic heterocycles. The van der Waals surface area contributed by atoms with Gasteiger partial charge < -0.3 is 5.73 Å². The zero-order valence-corrected chi connectivity index (χ0v) is 8.69. The first-order chi connectivity index (χ1) is 7.63. The van der Waals surface area contributed by atoms with Crippen molar-refractivity contribution in [1.82, 2.24) is 10.2 Å². The molecule has 2 N–H and O–H groups in total. The lowest BCUT2D eigenvalue weighted by Crippen LogP contribution is -1.94. The molecule has 0 radical (unpaired) electrons. The average Bonchev–Trinajstić information content (AvgIpc) is 2.74. The minimum Gasteiger partial charge on any atom is -0.324 e. The molecule has 2 aromatic rings. The van der Waals surface area contributed by atoms with Gasteiger partial charge in [-0.3, -0.25) is 0 Å². The van der Waals surface area contributed by atoms with Crippen LogP contribution in [0.25, 0.3) is 10.6 Å². The molecule has 1 heterocycles. The van der Waals surface area contributed by atoms with Crippen LogP contribution in [-0.4, -0.2) is 10.2 Å². The van der Waals surface area contributed by atoms with Crippen molar-refractivity contribution in [1.29, 1.82) is 0 Å². The fourth-order valence-electron chi connectivity index (χ4n) is 1.14. The van der Waals surface area contributed by atoms with Crippen LogP contribution in [0.4, 0.5) is 13.2 Å². The summed E-state index contributed by atoms with van der Waals surface area (Å²) in [5, 5.41) is 7.99. The highest BCUT2D eigenvalue weighted by Gasteiger charge is 2.17. The van der Waals surface area contributed by atoms with Crippen LogP contribution in [0.5, 0.6) is 0 Å². The average molecular weight is 245 g/mol. The zero-order valence-electron chi connectivity index (χ0n) is 7.88. The highest BCUT2D eigenvalue weighted by molar-refractivity contribution is 7.14. The van der Waals surface area contributed by atoms with E-state index in [1.807, 2.05) is 0 Å². The van der Waals surface area contributed by atoms with Gasteiger partial charge in [0.15, 0.2) is 22.5 Å². The van der Waals surface area contributed by atoms with Crippen LogP contribution >= 0.6 is 11.3 Å². The molecule has 0 aliphatic carbocycles. The van der Waals surface area contributed by atoms with Crippen LogP contribution in [0.1, 0.15) is 5.01 Å². The SMILES string of the molecule is NCc1nnc(-c2ccc(F)c(F)c2F)s1. The van der Waals surface area contributed by atoms with Crippen LogP contribution < -0.4 is 5.73 Å². The molecular weight excluding hydrogens is 239 g/mol. The summed E-state index contributed by atoms with van der Waals surface area (Å²) in [7, 11) is 0. The predicted molar refractivity (Wildman–Crippen MR) is 53.1 cm³/mol. The maximum Gasteiger partial charge on any atom is 0.195 e. The van der Waals surface area contributed by atoms with Gasteiger partial charge in [0, 0.05) is 6.54 Å². The molecule has 0 aliphatic heterocycles. The van der Waals surface area contributed by atoms with Crippen LogP contribution in [0.2, 0.25) is 0 Å². The second-order valence-corrected chi connectivity index (χ2v) is 3.99. The standard InChI is InChI=1S/C9H6F3N3S/c10-5-2-1-4(7(11)8(5)12)9-15-14-6(3-13)16-9/h1-2H,3,13H2. The molecule has 1 aromatic carbocycles. The van der Waals surface area contributed by atoms with E-state index in [2.05, 4.69) is 10.2 Å². The lowest BCUT2D eigenvalue weighted by molar-refractivity contribution is 0.449. The number of rotatable bonds is 2. The van der Waals surface area contributed by atoms with E-state index in [1.165, 1.54) is 0 Å². The van der Waals surface area contributed by atoms with E-state index in [9.17, 15) is 13.2 Å². The Kier molecular flexibility index (Phi) is 2.88. The van der Waals surface area contributed by atoms with Crippen molar-refractivity contribution >= 4 is 11.3 Å². The molecule has 84 valence electrons. The Morgan fingerprint density at radius 2 is 1.88 bits per heavy atom. The summed E-state index contributed by atoms with van der Waals surface area (Å²) in [6.45, 7) is 0.170. The summed E-state index contributed by atoms with van der Waals surface area (Å²) in [6.07, 6.45) is 0. The number of aromatic nitrogens is 2. The van der Waals surface area contributed by atoms with Crippen LogP contribution in [-0.2, 0) is 6.54 Å². The first-order valence-corrected chi connectivity index (χ1v) is 5.11. The maximum absolute atomic E-state index is 13.4. The first kappa shape index (κ1) is 11.0. The molecule has 0 atom stereocenters. The van der Waals surface area contributed by atoms with Gasteiger partial charge in [-0.2, -0.15) is 0 Å². The number of hydrogen-bond acceptors (Lipinski definition) is 4. The van der Waals surface area contributed by atoms with Crippen LogP contribution in [0, 0.1) is 17.5 Å². The normalized spacial score (nSPS) is 10.8. The Bertz CT molecular complexity index is 527. The molecule has 0 aliphatic rings. The third-order valence-electron chi connectivity index (χ3n) is 1.91. The van der Waals surface area contributed by atoms with Gasteiger partial charge in [0.2, 0.25) is 0 Å². The molecule has 0 saturated carbocycles. The van der Waals surface area contributed by atoms with Crippen LogP contribution in [0.3, 0.4) is 0 Å². The third-order valence-corrected chi connectivity index (χ3v) is 2.89. The predicted octanol–water partition coefficient (Wildman–Crippen LogP) is 2.08. The summed E-state index contributed by atoms with van der Waals surface area (Å²) in [4.78, 5) is 0. The number of hydrogen-bond donors (Lipinski definition) is 1. The number of benzene rings is 1. The van der Waals surface area contributed by atoms with E-state index in [-0.39, 0.29) is 17.1 Å². The van der Waals surface area contributed by atoms with E-state index in [4.69, 9.17) is 5.73 Å². The highest BCUT2D eigenvalue weighted by Crippen LogP contribution is 2.28. The summed E-state index contributed by atoms with van der Waals surface area (Å²) in [6, 6.07) is 1.96. The summed E-state index contributed by atoms with van der Waals surface area (Å²) in [5.41, 5.74) is 5.20. The summed E-state index contributed by atoms with van der Waals surface area (Å²) < 4.78 is 39.0. The number of halogens is 3. The fraction of sp³-hybridized carbons (Fsp3) is 0.111. The van der Waals surface area contributed by atoms with Crippen molar-refractivity contribution < 1.29 is 13.2 Å². The van der Waals surface area contributed by atoms with Gasteiger partial charge in [0.05, 0.1) is 5.56 Å². The van der Waals surface area contributed by atoms with E-state index in [0.29, 0.717) is 5.01 Å². The lowest BCUT2D eigenvalue weighted by Gasteiger charge is -1.99. The van der Waals surface area contributed by atoms with Gasteiger partial charge in [-0.15, -0.1) is 10.2 Å². The molecular formula is C9H6F3N3S. The minimum atomic E-state index is -1.51. The van der Waals surface area contributed by atoms with Crippen molar-refractivity contribution in [3.05, 3.63) is 34.6 Å². The largest absolute Gasteiger partial charge is 0.324 e. The minimum absolute atomic E-state index is 0.115. The number of nitrogens with zero attached hydrogens (tertiary/aromatic N) is 2. The molecule has 2 rings (SSSR count). The molecule has 0 fully saturated rings. The Morgan fingerprint density at radius 3 is 2.50 bits per heavy atom. The van der Waals surface area contributed by atoms with Gasteiger partial charge >= 0.3 is 0 Å². The first-order valence-electron chi connectivity index (χ1n) is 4.29. The quantitative estimate of drug-likeness (QED) is 0.824. The van der Waals surface area contributed by atoms with E-state index in [1.54, 1.807) is 0 Å². The zero-order chi connectivity index (χ0) is 11.7. The van der Waals surface area contributed by atoms with Crippen molar-refractivity contribution in [3.8, 4) is 10.6 Å². The lowest BCUT2D eigenvalue weighted by atomic mass is 10.2. The van der Waals surface area contributed by atoms with Crippen molar-refractivity contribution in [2.45, 2.75) is 6.54 Å². The Labute approximate surface area is 92.7 Å². The Balaban J connectivity index is 2.52. The Morgan fingerprint density at radius 1 is 1.12 bits per heavy atom. The Hall–Kier alpha value is -1.47.